The minimum atomic E-state index is -0.223. The number of aryl methyl sites for hydroxylation is 2. The molecule has 0 aliphatic rings. The van der Waals surface area contributed by atoms with Gasteiger partial charge in [-0.15, -0.1) is 0 Å². The third-order valence-electron chi connectivity index (χ3n) is 5.18. The summed E-state index contributed by atoms with van der Waals surface area (Å²) in [5.41, 5.74) is 4.45. The Balaban J connectivity index is 2.11. The summed E-state index contributed by atoms with van der Waals surface area (Å²) in [6.07, 6.45) is 0.872. The zero-order valence-corrected chi connectivity index (χ0v) is 18.8. The standard InChI is InChI=1S/C22H35FN6/c1-8-24-22(26-15(2)12-20-16(3)27-29(7)17(20)4)25-14-21(28(5)6)18-10-9-11-19(23)13-18/h9-11,13,15,21H,8,12,14H2,1-7H3,(H2,24,25,26). The largest absolute Gasteiger partial charge is 0.357 e. The van der Waals surface area contributed by atoms with Gasteiger partial charge in [0.15, 0.2) is 5.96 Å². The van der Waals surface area contributed by atoms with Gasteiger partial charge in [0.2, 0.25) is 0 Å². The number of aliphatic imine (C=N–C) groups is 1. The summed E-state index contributed by atoms with van der Waals surface area (Å²) in [7, 11) is 5.95. The molecule has 0 aliphatic heterocycles. The van der Waals surface area contributed by atoms with Crippen molar-refractivity contribution in [3.63, 3.8) is 0 Å². The van der Waals surface area contributed by atoms with Crippen molar-refractivity contribution in [1.82, 2.24) is 25.3 Å². The number of benzene rings is 1. The van der Waals surface area contributed by atoms with Gasteiger partial charge in [0, 0.05) is 25.3 Å². The monoisotopic (exact) mass is 402 g/mol. The number of halogens is 1. The van der Waals surface area contributed by atoms with Crippen LogP contribution in [-0.4, -0.2) is 53.9 Å². The van der Waals surface area contributed by atoms with Gasteiger partial charge in [0.1, 0.15) is 5.82 Å². The zero-order valence-electron chi connectivity index (χ0n) is 18.8. The number of rotatable bonds is 8. The molecule has 0 saturated carbocycles. The Labute approximate surface area is 174 Å². The molecule has 0 aliphatic carbocycles. The first-order chi connectivity index (χ1) is 13.7. The third-order valence-corrected chi connectivity index (χ3v) is 5.18. The summed E-state index contributed by atoms with van der Waals surface area (Å²) in [4.78, 5) is 6.85. The smallest absolute Gasteiger partial charge is 0.191 e. The fraction of sp³-hybridized carbons (Fsp3) is 0.545. The topological polar surface area (TPSA) is 57.5 Å². The summed E-state index contributed by atoms with van der Waals surface area (Å²) < 4.78 is 15.6. The molecule has 0 amide bonds. The van der Waals surface area contributed by atoms with Gasteiger partial charge in [-0.25, -0.2) is 4.39 Å². The van der Waals surface area contributed by atoms with Gasteiger partial charge in [-0.3, -0.25) is 9.67 Å². The van der Waals surface area contributed by atoms with Crippen molar-refractivity contribution >= 4 is 5.96 Å². The molecule has 2 unspecified atom stereocenters. The molecule has 2 rings (SSSR count). The van der Waals surface area contributed by atoms with Crippen LogP contribution in [0.5, 0.6) is 0 Å². The van der Waals surface area contributed by atoms with Gasteiger partial charge in [0.05, 0.1) is 18.3 Å². The van der Waals surface area contributed by atoms with Crippen molar-refractivity contribution < 1.29 is 4.39 Å². The van der Waals surface area contributed by atoms with Crippen LogP contribution >= 0.6 is 0 Å². The molecule has 2 atom stereocenters. The predicted octanol–water partition coefficient (Wildman–Crippen LogP) is 2.97. The highest BCUT2D eigenvalue weighted by molar-refractivity contribution is 5.80. The molecule has 0 bridgehead atoms. The van der Waals surface area contributed by atoms with Crippen molar-refractivity contribution in [2.45, 2.75) is 46.2 Å². The summed E-state index contributed by atoms with van der Waals surface area (Å²) in [6.45, 7) is 9.65. The maximum absolute atomic E-state index is 13.7. The van der Waals surface area contributed by atoms with E-state index in [4.69, 9.17) is 4.99 Å². The first-order valence-electron chi connectivity index (χ1n) is 10.2. The van der Waals surface area contributed by atoms with E-state index in [1.54, 1.807) is 12.1 Å². The number of hydrogen-bond donors (Lipinski definition) is 2. The van der Waals surface area contributed by atoms with E-state index < -0.39 is 0 Å². The highest BCUT2D eigenvalue weighted by Crippen LogP contribution is 2.19. The molecule has 1 heterocycles. The molecule has 0 saturated heterocycles. The van der Waals surface area contributed by atoms with Gasteiger partial charge in [0.25, 0.3) is 0 Å². The minimum absolute atomic E-state index is 0.000672. The highest BCUT2D eigenvalue weighted by atomic mass is 19.1. The minimum Gasteiger partial charge on any atom is -0.357 e. The van der Waals surface area contributed by atoms with Crippen molar-refractivity contribution in [3.05, 3.63) is 52.6 Å². The van der Waals surface area contributed by atoms with Gasteiger partial charge in [-0.05, 0) is 71.5 Å². The predicted molar refractivity (Wildman–Crippen MR) is 118 cm³/mol. The second kappa shape index (κ2) is 10.4. The van der Waals surface area contributed by atoms with Crippen LogP contribution in [0, 0.1) is 19.7 Å². The Morgan fingerprint density at radius 3 is 2.59 bits per heavy atom. The molecule has 29 heavy (non-hydrogen) atoms. The normalized spacial score (nSPS) is 14.2. The fourth-order valence-corrected chi connectivity index (χ4v) is 3.48. The molecule has 2 N–H and O–H groups in total. The molecule has 0 radical (unpaired) electrons. The lowest BCUT2D eigenvalue weighted by Gasteiger charge is -2.24. The summed E-state index contributed by atoms with van der Waals surface area (Å²) >= 11 is 0. The zero-order chi connectivity index (χ0) is 21.6. The first-order valence-corrected chi connectivity index (χ1v) is 10.2. The quantitative estimate of drug-likeness (QED) is 0.527. The van der Waals surface area contributed by atoms with E-state index in [1.165, 1.54) is 17.3 Å². The van der Waals surface area contributed by atoms with Crippen LogP contribution in [0.15, 0.2) is 29.3 Å². The Hall–Kier alpha value is -2.41. The van der Waals surface area contributed by atoms with Crippen LogP contribution in [0.3, 0.4) is 0 Å². The number of hydrogen-bond acceptors (Lipinski definition) is 3. The van der Waals surface area contributed by atoms with Crippen LogP contribution in [0.25, 0.3) is 0 Å². The van der Waals surface area contributed by atoms with E-state index in [0.717, 1.165) is 30.2 Å². The second-order valence-corrected chi connectivity index (χ2v) is 7.78. The lowest BCUT2D eigenvalue weighted by molar-refractivity contribution is 0.305. The van der Waals surface area contributed by atoms with Crippen LogP contribution in [0.1, 0.15) is 42.4 Å². The van der Waals surface area contributed by atoms with Crippen LogP contribution in [0.2, 0.25) is 0 Å². The van der Waals surface area contributed by atoms with Crippen LogP contribution in [-0.2, 0) is 13.5 Å². The number of nitrogens with zero attached hydrogens (tertiary/aromatic N) is 4. The van der Waals surface area contributed by atoms with E-state index in [0.29, 0.717) is 6.54 Å². The number of guanidine groups is 1. The van der Waals surface area contributed by atoms with E-state index in [1.807, 2.05) is 38.8 Å². The van der Waals surface area contributed by atoms with Crippen molar-refractivity contribution in [3.8, 4) is 0 Å². The molecule has 1 aromatic heterocycles. The molecular formula is C22H35FN6. The molecule has 2 aromatic rings. The summed E-state index contributed by atoms with van der Waals surface area (Å²) in [5.74, 6) is 0.543. The Morgan fingerprint density at radius 2 is 2.03 bits per heavy atom. The molecule has 1 aromatic carbocycles. The van der Waals surface area contributed by atoms with Crippen LogP contribution < -0.4 is 10.6 Å². The van der Waals surface area contributed by atoms with Gasteiger partial charge in [-0.1, -0.05) is 12.1 Å². The van der Waals surface area contributed by atoms with E-state index in [9.17, 15) is 4.39 Å². The molecule has 0 fully saturated rings. The maximum atomic E-state index is 13.7. The number of aromatic nitrogens is 2. The van der Waals surface area contributed by atoms with E-state index in [-0.39, 0.29) is 17.9 Å². The summed E-state index contributed by atoms with van der Waals surface area (Å²) in [5, 5.41) is 11.3. The Morgan fingerprint density at radius 1 is 1.31 bits per heavy atom. The lowest BCUT2D eigenvalue weighted by atomic mass is 10.1. The average Bonchev–Trinajstić information content (AvgIpc) is 2.88. The second-order valence-electron chi connectivity index (χ2n) is 7.78. The average molecular weight is 403 g/mol. The maximum Gasteiger partial charge on any atom is 0.191 e. The van der Waals surface area contributed by atoms with Crippen molar-refractivity contribution in [2.75, 3.05) is 27.2 Å². The van der Waals surface area contributed by atoms with Crippen molar-refractivity contribution in [1.29, 1.82) is 0 Å². The Bertz CT molecular complexity index is 827. The molecular weight excluding hydrogens is 367 g/mol. The lowest BCUT2D eigenvalue weighted by Crippen LogP contribution is -2.43. The number of nitrogens with one attached hydrogen (secondary N) is 2. The highest BCUT2D eigenvalue weighted by Gasteiger charge is 2.16. The van der Waals surface area contributed by atoms with Gasteiger partial charge >= 0.3 is 0 Å². The number of likely N-dealkylation sites (N-methyl/N-ethyl adjacent to an activating group) is 1. The van der Waals surface area contributed by atoms with E-state index >= 15 is 0 Å². The summed E-state index contributed by atoms with van der Waals surface area (Å²) in [6, 6.07) is 6.93. The van der Waals surface area contributed by atoms with Crippen LogP contribution in [0.4, 0.5) is 4.39 Å². The SMILES string of the molecule is CCNC(=NCC(c1cccc(F)c1)N(C)C)NC(C)Cc1c(C)nn(C)c1C. The fourth-order valence-electron chi connectivity index (χ4n) is 3.48. The molecule has 0 spiro atoms. The third kappa shape index (κ3) is 6.29. The van der Waals surface area contributed by atoms with Gasteiger partial charge < -0.3 is 15.5 Å². The Kier molecular flexibility index (Phi) is 8.20. The molecule has 6 nitrogen and oxygen atoms in total. The van der Waals surface area contributed by atoms with Gasteiger partial charge in [-0.2, -0.15) is 5.10 Å². The molecule has 160 valence electrons. The van der Waals surface area contributed by atoms with E-state index in [2.05, 4.69) is 41.4 Å². The molecule has 7 heteroatoms. The van der Waals surface area contributed by atoms with Crippen molar-refractivity contribution in [2.24, 2.45) is 12.0 Å². The first kappa shape index (κ1) is 22.9.